The third-order valence-electron chi connectivity index (χ3n) is 2.47. The van der Waals surface area contributed by atoms with Gasteiger partial charge in [0.2, 0.25) is 12.3 Å². The molecule has 0 unspecified atom stereocenters. The molecule has 0 fully saturated rings. The van der Waals surface area contributed by atoms with Gasteiger partial charge in [-0.05, 0) is 17.7 Å². The number of primary amides is 1. The van der Waals surface area contributed by atoms with E-state index in [9.17, 15) is 4.79 Å². The molecule has 6 heteroatoms. The number of hydrogen-bond donors (Lipinski definition) is 2. The van der Waals surface area contributed by atoms with E-state index in [1.54, 1.807) is 12.1 Å². The van der Waals surface area contributed by atoms with E-state index in [0.717, 1.165) is 12.1 Å². The first-order valence-corrected chi connectivity index (χ1v) is 5.60. The lowest BCUT2D eigenvalue weighted by Crippen LogP contribution is -2.18. The maximum absolute atomic E-state index is 11.0. The highest BCUT2D eigenvalue weighted by Crippen LogP contribution is 2.04. The van der Waals surface area contributed by atoms with Gasteiger partial charge in [0.05, 0.1) is 0 Å². The second-order valence-corrected chi connectivity index (χ2v) is 3.84. The smallest absolute Gasteiger partial charge is 0.248 e. The fourth-order valence-electron chi connectivity index (χ4n) is 1.57. The Balaban J connectivity index is 1.79. The van der Waals surface area contributed by atoms with Crippen molar-refractivity contribution in [2.24, 2.45) is 5.73 Å². The van der Waals surface area contributed by atoms with Crippen LogP contribution in [0.15, 0.2) is 35.2 Å². The van der Waals surface area contributed by atoms with Gasteiger partial charge in [0.25, 0.3) is 0 Å². The summed E-state index contributed by atoms with van der Waals surface area (Å²) in [4.78, 5) is 14.9. The quantitative estimate of drug-likeness (QED) is 0.724. The van der Waals surface area contributed by atoms with Crippen LogP contribution in [0.4, 0.5) is 0 Å². The van der Waals surface area contributed by atoms with E-state index in [1.807, 2.05) is 12.1 Å². The molecular formula is C12H14N4O2. The Bertz CT molecular complexity index is 511. The molecule has 2 rings (SSSR count). The first-order chi connectivity index (χ1) is 8.75. The van der Waals surface area contributed by atoms with Gasteiger partial charge in [-0.15, -0.1) is 0 Å². The Morgan fingerprint density at radius 2 is 2.33 bits per heavy atom. The lowest BCUT2D eigenvalue weighted by Gasteiger charge is -2.04. The molecule has 1 aromatic carbocycles. The second kappa shape index (κ2) is 5.92. The summed E-state index contributed by atoms with van der Waals surface area (Å²) in [5, 5.41) is 6.94. The lowest BCUT2D eigenvalue weighted by molar-refractivity contribution is 0.1000. The molecule has 0 atom stereocenters. The Kier molecular flexibility index (Phi) is 4.03. The van der Waals surface area contributed by atoms with Crippen molar-refractivity contribution < 1.29 is 9.32 Å². The molecule has 0 saturated carbocycles. The number of aromatic nitrogens is 2. The zero-order valence-corrected chi connectivity index (χ0v) is 9.80. The van der Waals surface area contributed by atoms with Crippen LogP contribution in [0.3, 0.4) is 0 Å². The summed E-state index contributed by atoms with van der Waals surface area (Å²) >= 11 is 0. The number of nitrogens with zero attached hydrogens (tertiary/aromatic N) is 2. The van der Waals surface area contributed by atoms with E-state index < -0.39 is 5.91 Å². The van der Waals surface area contributed by atoms with Crippen LogP contribution in [0, 0.1) is 0 Å². The van der Waals surface area contributed by atoms with E-state index in [-0.39, 0.29) is 0 Å². The van der Waals surface area contributed by atoms with Gasteiger partial charge in [-0.2, -0.15) is 4.98 Å². The molecule has 1 amide bonds. The van der Waals surface area contributed by atoms with Crippen molar-refractivity contribution >= 4 is 5.91 Å². The van der Waals surface area contributed by atoms with Crippen molar-refractivity contribution in [2.75, 3.05) is 6.54 Å². The van der Waals surface area contributed by atoms with Crippen LogP contribution in [0.5, 0.6) is 0 Å². The standard InChI is InChI=1S/C12H14N4O2/c13-12(17)10-3-1-2-9(6-10)7-14-5-4-11-15-8-18-16-11/h1-3,6,8,14H,4-5,7H2,(H2,13,17). The summed E-state index contributed by atoms with van der Waals surface area (Å²) < 4.78 is 4.63. The molecular weight excluding hydrogens is 232 g/mol. The highest BCUT2D eigenvalue weighted by molar-refractivity contribution is 5.92. The predicted molar refractivity (Wildman–Crippen MR) is 64.7 cm³/mol. The van der Waals surface area contributed by atoms with Crippen molar-refractivity contribution in [1.82, 2.24) is 15.5 Å². The summed E-state index contributed by atoms with van der Waals surface area (Å²) in [6.45, 7) is 1.40. The molecule has 18 heavy (non-hydrogen) atoms. The van der Waals surface area contributed by atoms with Crippen LogP contribution in [0.1, 0.15) is 21.7 Å². The van der Waals surface area contributed by atoms with Gasteiger partial charge in [-0.1, -0.05) is 17.3 Å². The number of carbonyl (C=O) groups excluding carboxylic acids is 1. The van der Waals surface area contributed by atoms with Gasteiger partial charge >= 0.3 is 0 Å². The van der Waals surface area contributed by atoms with E-state index in [2.05, 4.69) is 20.0 Å². The molecule has 0 spiro atoms. The monoisotopic (exact) mass is 246 g/mol. The summed E-state index contributed by atoms with van der Waals surface area (Å²) in [5.74, 6) is 0.261. The number of nitrogens with one attached hydrogen (secondary N) is 1. The fraction of sp³-hybridized carbons (Fsp3) is 0.250. The number of carbonyl (C=O) groups is 1. The van der Waals surface area contributed by atoms with E-state index in [1.165, 1.54) is 6.39 Å². The van der Waals surface area contributed by atoms with Crippen LogP contribution < -0.4 is 11.1 Å². The van der Waals surface area contributed by atoms with Crippen LogP contribution in [-0.2, 0) is 13.0 Å². The summed E-state index contributed by atoms with van der Waals surface area (Å²) in [6.07, 6.45) is 2.01. The molecule has 2 aromatic rings. The normalized spacial score (nSPS) is 10.4. The van der Waals surface area contributed by atoms with Crippen LogP contribution in [0.2, 0.25) is 0 Å². The molecule has 0 radical (unpaired) electrons. The summed E-state index contributed by atoms with van der Waals surface area (Å²) in [7, 11) is 0. The SMILES string of the molecule is NC(=O)c1cccc(CNCCc2ncon2)c1. The second-order valence-electron chi connectivity index (χ2n) is 3.84. The predicted octanol–water partition coefficient (Wildman–Crippen LogP) is 0.501. The first kappa shape index (κ1) is 12.3. The fourth-order valence-corrected chi connectivity index (χ4v) is 1.57. The van der Waals surface area contributed by atoms with Crippen molar-refractivity contribution in [1.29, 1.82) is 0 Å². The largest absolute Gasteiger partial charge is 0.366 e. The average Bonchev–Trinajstić information content (AvgIpc) is 2.88. The van der Waals surface area contributed by atoms with Gasteiger partial charge in [0, 0.05) is 25.1 Å². The Morgan fingerprint density at radius 3 is 3.06 bits per heavy atom. The van der Waals surface area contributed by atoms with E-state index in [0.29, 0.717) is 24.4 Å². The molecule has 1 heterocycles. The molecule has 0 saturated heterocycles. The molecule has 0 aliphatic rings. The highest BCUT2D eigenvalue weighted by atomic mass is 16.5. The zero-order valence-electron chi connectivity index (χ0n) is 9.80. The Hall–Kier alpha value is -2.21. The van der Waals surface area contributed by atoms with Gasteiger partial charge in [-0.25, -0.2) is 0 Å². The minimum Gasteiger partial charge on any atom is -0.366 e. The minimum atomic E-state index is -0.413. The zero-order chi connectivity index (χ0) is 12.8. The summed E-state index contributed by atoms with van der Waals surface area (Å²) in [5.41, 5.74) is 6.75. The third-order valence-corrected chi connectivity index (χ3v) is 2.47. The van der Waals surface area contributed by atoms with Gasteiger partial charge in [-0.3, -0.25) is 4.79 Å². The van der Waals surface area contributed by atoms with Crippen molar-refractivity contribution in [2.45, 2.75) is 13.0 Å². The molecule has 0 aliphatic carbocycles. The molecule has 94 valence electrons. The summed E-state index contributed by atoms with van der Waals surface area (Å²) in [6, 6.07) is 7.24. The topological polar surface area (TPSA) is 94.0 Å². The molecule has 0 bridgehead atoms. The van der Waals surface area contributed by atoms with Gasteiger partial charge in [0.1, 0.15) is 0 Å². The average molecular weight is 246 g/mol. The lowest BCUT2D eigenvalue weighted by atomic mass is 10.1. The first-order valence-electron chi connectivity index (χ1n) is 5.60. The molecule has 1 aromatic heterocycles. The number of benzene rings is 1. The molecule has 0 aliphatic heterocycles. The molecule has 6 nitrogen and oxygen atoms in total. The number of hydrogen-bond acceptors (Lipinski definition) is 5. The van der Waals surface area contributed by atoms with Crippen LogP contribution in [0.25, 0.3) is 0 Å². The third kappa shape index (κ3) is 3.39. The van der Waals surface area contributed by atoms with E-state index in [4.69, 9.17) is 5.73 Å². The number of nitrogens with two attached hydrogens (primary N) is 1. The number of rotatable bonds is 6. The maximum Gasteiger partial charge on any atom is 0.248 e. The van der Waals surface area contributed by atoms with Crippen LogP contribution in [-0.4, -0.2) is 22.6 Å². The Labute approximate surface area is 104 Å². The highest BCUT2D eigenvalue weighted by Gasteiger charge is 2.01. The van der Waals surface area contributed by atoms with Crippen LogP contribution >= 0.6 is 0 Å². The number of amides is 1. The van der Waals surface area contributed by atoms with Gasteiger partial charge < -0.3 is 15.6 Å². The minimum absolute atomic E-state index is 0.413. The molecule has 3 N–H and O–H groups in total. The van der Waals surface area contributed by atoms with Crippen molar-refractivity contribution in [3.05, 3.63) is 47.6 Å². The van der Waals surface area contributed by atoms with E-state index >= 15 is 0 Å². The van der Waals surface area contributed by atoms with Crippen molar-refractivity contribution in [3.63, 3.8) is 0 Å². The maximum atomic E-state index is 11.0. The Morgan fingerprint density at radius 1 is 1.44 bits per heavy atom. The van der Waals surface area contributed by atoms with Crippen molar-refractivity contribution in [3.8, 4) is 0 Å². The van der Waals surface area contributed by atoms with Gasteiger partial charge in [0.15, 0.2) is 5.82 Å².